The third kappa shape index (κ3) is 4.51. The van der Waals surface area contributed by atoms with E-state index in [1.165, 1.54) is 18.2 Å². The van der Waals surface area contributed by atoms with Gasteiger partial charge in [0.05, 0.1) is 6.04 Å². The van der Waals surface area contributed by atoms with Gasteiger partial charge >= 0.3 is 0 Å². The van der Waals surface area contributed by atoms with Gasteiger partial charge in [0, 0.05) is 11.7 Å². The largest absolute Gasteiger partial charge is 0.394 e. The van der Waals surface area contributed by atoms with Crippen molar-refractivity contribution in [2.24, 2.45) is 0 Å². The Bertz CT molecular complexity index is 1380. The van der Waals surface area contributed by atoms with Crippen LogP contribution in [-0.2, 0) is 0 Å². The highest BCUT2D eigenvalue weighted by atomic mass is 19.2. The molecule has 0 amide bonds. The zero-order chi connectivity index (χ0) is 23.7. The van der Waals surface area contributed by atoms with E-state index >= 15 is 0 Å². The smallest absolute Gasteiger partial charge is 0.253 e. The van der Waals surface area contributed by atoms with Crippen LogP contribution in [0.4, 0.5) is 30.2 Å². The fraction of sp³-hybridized carbons (Fsp3) is 0.120. The predicted molar refractivity (Wildman–Crippen MR) is 122 cm³/mol. The lowest BCUT2D eigenvalue weighted by Gasteiger charge is -2.25. The molecule has 0 aliphatic carbocycles. The van der Waals surface area contributed by atoms with Crippen molar-refractivity contribution in [3.05, 3.63) is 121 Å². The molecular weight excluding hydrogens is 431 g/mol. The lowest BCUT2D eigenvalue weighted by molar-refractivity contribution is 0.490. The molecular formula is C25H20F3N3O2. The van der Waals surface area contributed by atoms with Gasteiger partial charge in [0.25, 0.3) is 10.9 Å². The Kier molecular flexibility index (Phi) is 6.02. The Morgan fingerprint density at radius 2 is 1.48 bits per heavy atom. The monoisotopic (exact) mass is 451 g/mol. The lowest BCUT2D eigenvalue weighted by atomic mass is 9.96. The zero-order valence-electron chi connectivity index (χ0n) is 17.5. The van der Waals surface area contributed by atoms with E-state index in [9.17, 15) is 22.8 Å². The van der Waals surface area contributed by atoms with Gasteiger partial charge in [-0.25, -0.2) is 13.2 Å². The van der Waals surface area contributed by atoms with Crippen LogP contribution in [0.3, 0.4) is 0 Å². The number of halogens is 3. The van der Waals surface area contributed by atoms with E-state index in [4.69, 9.17) is 5.73 Å². The number of nitrogen functional groups attached to an aromatic ring is 1. The highest BCUT2D eigenvalue weighted by Crippen LogP contribution is 2.29. The summed E-state index contributed by atoms with van der Waals surface area (Å²) >= 11 is 0. The van der Waals surface area contributed by atoms with Crippen LogP contribution >= 0.6 is 0 Å². The molecule has 0 saturated heterocycles. The fourth-order valence-electron chi connectivity index (χ4n) is 3.64. The second kappa shape index (κ2) is 8.91. The molecule has 0 saturated carbocycles. The molecule has 0 heterocycles. The maximum atomic E-state index is 13.8. The van der Waals surface area contributed by atoms with Gasteiger partial charge < -0.3 is 11.1 Å². The van der Waals surface area contributed by atoms with Crippen LogP contribution in [0.2, 0.25) is 0 Å². The molecule has 0 aliphatic rings. The SMILES string of the molecule is CC(NC(c1ccc(F)cc1)c1cccc(Nc2c(N)c(=O)c2=O)c1)c1ccc(F)c(F)c1. The van der Waals surface area contributed by atoms with Crippen LogP contribution in [0.1, 0.15) is 35.7 Å². The first-order valence-electron chi connectivity index (χ1n) is 10.2. The fourth-order valence-corrected chi connectivity index (χ4v) is 3.64. The van der Waals surface area contributed by atoms with Gasteiger partial charge in [-0.1, -0.05) is 30.3 Å². The molecule has 4 aromatic carbocycles. The first kappa shape index (κ1) is 22.3. The average molecular weight is 451 g/mol. The molecule has 4 rings (SSSR count). The molecule has 2 atom stereocenters. The second-order valence-corrected chi connectivity index (χ2v) is 7.74. The van der Waals surface area contributed by atoms with Gasteiger partial charge in [0.2, 0.25) is 0 Å². The van der Waals surface area contributed by atoms with Crippen molar-refractivity contribution in [1.29, 1.82) is 0 Å². The summed E-state index contributed by atoms with van der Waals surface area (Å²) in [4.78, 5) is 23.1. The summed E-state index contributed by atoms with van der Waals surface area (Å²) in [5.74, 6) is -2.27. The summed E-state index contributed by atoms with van der Waals surface area (Å²) in [6.07, 6.45) is 0. The molecule has 2 unspecified atom stereocenters. The number of benzene rings is 3. The quantitative estimate of drug-likeness (QED) is 0.361. The van der Waals surface area contributed by atoms with E-state index in [-0.39, 0.29) is 11.4 Å². The first-order chi connectivity index (χ1) is 15.7. The molecule has 8 heteroatoms. The van der Waals surface area contributed by atoms with Gasteiger partial charge in [-0.2, -0.15) is 0 Å². The number of nitrogens with two attached hydrogens (primary N) is 1. The van der Waals surface area contributed by atoms with Crippen molar-refractivity contribution in [2.75, 3.05) is 11.1 Å². The zero-order valence-corrected chi connectivity index (χ0v) is 17.5. The summed E-state index contributed by atoms with van der Waals surface area (Å²) in [5.41, 5.74) is 6.66. The maximum Gasteiger partial charge on any atom is 0.253 e. The van der Waals surface area contributed by atoms with E-state index in [1.807, 2.05) is 6.07 Å². The van der Waals surface area contributed by atoms with Gasteiger partial charge in [0.1, 0.15) is 17.2 Å². The number of nitrogens with one attached hydrogen (secondary N) is 2. The molecule has 0 bridgehead atoms. The molecule has 4 N–H and O–H groups in total. The third-order valence-corrected chi connectivity index (χ3v) is 5.50. The van der Waals surface area contributed by atoms with Crippen molar-refractivity contribution < 1.29 is 13.2 Å². The van der Waals surface area contributed by atoms with Crippen LogP contribution in [0.25, 0.3) is 0 Å². The topological polar surface area (TPSA) is 84.2 Å². The van der Waals surface area contributed by atoms with Crippen molar-refractivity contribution >= 4 is 17.1 Å². The molecule has 168 valence electrons. The van der Waals surface area contributed by atoms with E-state index in [0.29, 0.717) is 11.3 Å². The minimum Gasteiger partial charge on any atom is -0.394 e. The standard InChI is InChI=1S/C25H20F3N3O2/c1-13(15-7-10-19(27)20(28)12-15)30-22(14-5-8-17(26)9-6-14)16-3-2-4-18(11-16)31-23-21(29)24(32)25(23)33/h2-13,22,30-31H,29H2,1H3. The first-order valence-corrected chi connectivity index (χ1v) is 10.2. The Hall–Kier alpha value is -3.91. The third-order valence-electron chi connectivity index (χ3n) is 5.50. The number of hydrogen-bond acceptors (Lipinski definition) is 5. The molecule has 0 fully saturated rings. The van der Waals surface area contributed by atoms with Gasteiger partial charge in [-0.15, -0.1) is 0 Å². The highest BCUT2D eigenvalue weighted by Gasteiger charge is 2.21. The van der Waals surface area contributed by atoms with E-state index in [2.05, 4.69) is 10.6 Å². The molecule has 4 aromatic rings. The molecule has 0 aromatic heterocycles. The molecule has 0 spiro atoms. The van der Waals surface area contributed by atoms with Crippen LogP contribution in [0.15, 0.2) is 76.3 Å². The summed E-state index contributed by atoms with van der Waals surface area (Å²) in [5, 5.41) is 6.24. The number of anilines is 3. The Morgan fingerprint density at radius 3 is 2.15 bits per heavy atom. The summed E-state index contributed by atoms with van der Waals surface area (Å²) in [7, 11) is 0. The summed E-state index contributed by atoms with van der Waals surface area (Å²) < 4.78 is 40.6. The van der Waals surface area contributed by atoms with Gasteiger partial charge in [0.15, 0.2) is 11.6 Å². The minimum atomic E-state index is -0.948. The normalized spacial score (nSPS) is 13.1. The van der Waals surface area contributed by atoms with Crippen molar-refractivity contribution in [3.63, 3.8) is 0 Å². The van der Waals surface area contributed by atoms with E-state index < -0.39 is 40.4 Å². The number of rotatable bonds is 7. The van der Waals surface area contributed by atoms with Crippen LogP contribution < -0.4 is 27.2 Å². The summed E-state index contributed by atoms with van der Waals surface area (Å²) in [6, 6.07) is 15.8. The summed E-state index contributed by atoms with van der Waals surface area (Å²) in [6.45, 7) is 1.80. The van der Waals surface area contributed by atoms with Crippen molar-refractivity contribution in [3.8, 4) is 0 Å². The van der Waals surface area contributed by atoms with Crippen LogP contribution in [0.5, 0.6) is 0 Å². The minimum absolute atomic E-state index is 0.0404. The van der Waals surface area contributed by atoms with Crippen molar-refractivity contribution in [2.45, 2.75) is 19.0 Å². The number of hydrogen-bond donors (Lipinski definition) is 3. The lowest BCUT2D eigenvalue weighted by Crippen LogP contribution is -2.36. The van der Waals surface area contributed by atoms with Gasteiger partial charge in [-0.3, -0.25) is 14.9 Å². The Balaban J connectivity index is 1.68. The second-order valence-electron chi connectivity index (χ2n) is 7.74. The highest BCUT2D eigenvalue weighted by molar-refractivity contribution is 5.76. The van der Waals surface area contributed by atoms with E-state index in [1.54, 1.807) is 37.3 Å². The van der Waals surface area contributed by atoms with Crippen LogP contribution in [0, 0.1) is 17.5 Å². The van der Waals surface area contributed by atoms with E-state index in [0.717, 1.165) is 23.3 Å². The molecule has 33 heavy (non-hydrogen) atoms. The Labute approximate surface area is 187 Å². The van der Waals surface area contributed by atoms with Crippen molar-refractivity contribution in [1.82, 2.24) is 5.32 Å². The predicted octanol–water partition coefficient (Wildman–Crippen LogP) is 4.47. The Morgan fingerprint density at radius 1 is 0.788 bits per heavy atom. The average Bonchev–Trinajstić information content (AvgIpc) is 2.82. The maximum absolute atomic E-state index is 13.8. The van der Waals surface area contributed by atoms with Crippen LogP contribution in [-0.4, -0.2) is 0 Å². The molecule has 0 aliphatic heterocycles. The molecule has 5 nitrogen and oxygen atoms in total. The molecule has 0 radical (unpaired) electrons. The van der Waals surface area contributed by atoms with Gasteiger partial charge in [-0.05, 0) is 60.0 Å².